The van der Waals surface area contributed by atoms with Crippen molar-refractivity contribution in [2.75, 3.05) is 0 Å². The molecule has 0 aliphatic carbocycles. The number of benzene rings is 2. The van der Waals surface area contributed by atoms with Crippen LogP contribution in [0.3, 0.4) is 0 Å². The first-order valence-electron chi connectivity index (χ1n) is 8.76. The molecule has 0 saturated carbocycles. The van der Waals surface area contributed by atoms with E-state index >= 15 is 0 Å². The van der Waals surface area contributed by atoms with Crippen molar-refractivity contribution < 1.29 is 18.9 Å². The number of nitrogens with one attached hydrogen (secondary N) is 2. The first-order chi connectivity index (χ1) is 14.4. The number of amides is 2. The Hall–Kier alpha value is -3.72. The highest BCUT2D eigenvalue weighted by atomic mass is 79.9. The maximum Gasteiger partial charge on any atom is 0.270 e. The average Bonchev–Trinajstić information content (AvgIpc) is 3.25. The first kappa shape index (κ1) is 21.0. The molecule has 0 atom stereocenters. The van der Waals surface area contributed by atoms with Gasteiger partial charge in [-0.2, -0.15) is 0 Å². The van der Waals surface area contributed by atoms with Crippen LogP contribution in [-0.2, 0) is 11.3 Å². The van der Waals surface area contributed by atoms with Gasteiger partial charge in [-0.15, -0.1) is 0 Å². The number of non-ortho nitro benzene ring substituents is 1. The van der Waals surface area contributed by atoms with Crippen LogP contribution in [0.2, 0.25) is 0 Å². The molecule has 0 aliphatic rings. The van der Waals surface area contributed by atoms with Crippen molar-refractivity contribution in [1.29, 1.82) is 0 Å². The predicted molar refractivity (Wildman–Crippen MR) is 113 cm³/mol. The summed E-state index contributed by atoms with van der Waals surface area (Å²) >= 11 is 3.30. The fourth-order valence-electron chi connectivity index (χ4n) is 2.56. The maximum atomic E-state index is 12.7. The van der Waals surface area contributed by atoms with E-state index in [-0.39, 0.29) is 17.9 Å². The number of carbonyl (C=O) groups is 2. The van der Waals surface area contributed by atoms with E-state index in [9.17, 15) is 19.7 Å². The van der Waals surface area contributed by atoms with Crippen LogP contribution in [0.4, 0.5) is 5.69 Å². The molecule has 3 rings (SSSR count). The minimum atomic E-state index is -0.571. The number of carbonyl (C=O) groups excluding carboxylic acids is 2. The summed E-state index contributed by atoms with van der Waals surface area (Å²) in [5, 5.41) is 16.3. The van der Waals surface area contributed by atoms with Crippen LogP contribution in [0, 0.1) is 10.1 Å². The second-order valence-corrected chi connectivity index (χ2v) is 6.96. The largest absolute Gasteiger partial charge is 0.467 e. The van der Waals surface area contributed by atoms with Gasteiger partial charge in [-0.25, -0.2) is 0 Å². The Kier molecular flexibility index (Phi) is 6.76. The van der Waals surface area contributed by atoms with Gasteiger partial charge >= 0.3 is 0 Å². The van der Waals surface area contributed by atoms with E-state index in [2.05, 4.69) is 26.6 Å². The van der Waals surface area contributed by atoms with E-state index in [0.717, 1.165) is 0 Å². The van der Waals surface area contributed by atoms with Crippen molar-refractivity contribution in [3.63, 3.8) is 0 Å². The molecule has 0 radical (unpaired) electrons. The van der Waals surface area contributed by atoms with E-state index in [1.165, 1.54) is 30.5 Å². The summed E-state index contributed by atoms with van der Waals surface area (Å²) < 4.78 is 5.75. The molecule has 8 nitrogen and oxygen atoms in total. The molecule has 0 aliphatic heterocycles. The highest BCUT2D eigenvalue weighted by molar-refractivity contribution is 9.10. The molecule has 2 N–H and O–H groups in total. The Balaban J connectivity index is 1.88. The number of nitro benzene ring substituents is 1. The molecule has 0 bridgehead atoms. The quantitative estimate of drug-likeness (QED) is 0.307. The maximum absolute atomic E-state index is 12.7. The van der Waals surface area contributed by atoms with Gasteiger partial charge in [-0.05, 0) is 51.8 Å². The van der Waals surface area contributed by atoms with Crippen LogP contribution in [0.15, 0.2) is 81.5 Å². The van der Waals surface area contributed by atoms with Gasteiger partial charge < -0.3 is 15.1 Å². The third-order valence-electron chi connectivity index (χ3n) is 4.01. The Morgan fingerprint density at radius 2 is 1.90 bits per heavy atom. The number of furan rings is 1. The smallest absolute Gasteiger partial charge is 0.270 e. The van der Waals surface area contributed by atoms with Crippen LogP contribution < -0.4 is 10.6 Å². The molecule has 0 unspecified atom stereocenters. The highest BCUT2D eigenvalue weighted by Crippen LogP contribution is 2.18. The molecule has 2 amide bonds. The zero-order valence-electron chi connectivity index (χ0n) is 15.5. The minimum Gasteiger partial charge on any atom is -0.467 e. The fourth-order valence-corrected chi connectivity index (χ4v) is 3.03. The number of hydrogen-bond acceptors (Lipinski definition) is 5. The van der Waals surface area contributed by atoms with Crippen molar-refractivity contribution in [2.24, 2.45) is 0 Å². The number of nitro groups is 1. The summed E-state index contributed by atoms with van der Waals surface area (Å²) in [4.78, 5) is 35.9. The lowest BCUT2D eigenvalue weighted by Gasteiger charge is -2.11. The van der Waals surface area contributed by atoms with E-state index < -0.39 is 16.7 Å². The average molecular weight is 470 g/mol. The normalized spacial score (nSPS) is 11.0. The second kappa shape index (κ2) is 9.66. The molecular formula is C21H16BrN3O5. The minimum absolute atomic E-state index is 0.0668. The third kappa shape index (κ3) is 5.42. The van der Waals surface area contributed by atoms with E-state index in [0.29, 0.717) is 21.4 Å². The standard InChI is InChI=1S/C21H16BrN3O5/c22-18-9-2-1-8-17(18)20(26)24-19(21(27)23-13-16-7-4-10-30-16)12-14-5-3-6-15(11-14)25(28)29/h1-12H,13H2,(H,23,27)(H,24,26)/b19-12+. The van der Waals surface area contributed by atoms with E-state index in [1.54, 1.807) is 42.5 Å². The zero-order chi connectivity index (χ0) is 21.5. The first-order valence-corrected chi connectivity index (χ1v) is 9.56. The van der Waals surface area contributed by atoms with E-state index in [1.807, 2.05) is 0 Å². The van der Waals surface area contributed by atoms with Gasteiger partial charge in [0.1, 0.15) is 11.5 Å². The molecule has 0 saturated heterocycles. The monoisotopic (exact) mass is 469 g/mol. The van der Waals surface area contributed by atoms with Crippen LogP contribution in [-0.4, -0.2) is 16.7 Å². The molecule has 0 spiro atoms. The number of hydrogen-bond donors (Lipinski definition) is 2. The zero-order valence-corrected chi connectivity index (χ0v) is 17.1. The Labute approximate surface area is 179 Å². The summed E-state index contributed by atoms with van der Waals surface area (Å²) in [6.45, 7) is 0.114. The van der Waals surface area contributed by atoms with E-state index in [4.69, 9.17) is 4.42 Å². The SMILES string of the molecule is O=C(NCc1ccco1)/C(=C\c1cccc([N+](=O)[O-])c1)NC(=O)c1ccccc1Br. The van der Waals surface area contributed by atoms with Crippen LogP contribution in [0.1, 0.15) is 21.7 Å². The van der Waals surface area contributed by atoms with Crippen LogP contribution in [0.25, 0.3) is 6.08 Å². The van der Waals surface area contributed by atoms with Crippen molar-refractivity contribution in [1.82, 2.24) is 10.6 Å². The van der Waals surface area contributed by atoms with Gasteiger partial charge in [0.05, 0.1) is 23.3 Å². The molecule has 30 heavy (non-hydrogen) atoms. The Bertz CT molecular complexity index is 1110. The third-order valence-corrected chi connectivity index (χ3v) is 4.70. The molecule has 1 heterocycles. The summed E-state index contributed by atoms with van der Waals surface area (Å²) in [5.74, 6) is -0.541. The summed E-state index contributed by atoms with van der Waals surface area (Å²) in [6, 6.07) is 15.9. The molecule has 3 aromatic rings. The molecule has 9 heteroatoms. The highest BCUT2D eigenvalue weighted by Gasteiger charge is 2.17. The molecular weight excluding hydrogens is 454 g/mol. The number of rotatable bonds is 7. The summed E-state index contributed by atoms with van der Waals surface area (Å²) in [7, 11) is 0. The lowest BCUT2D eigenvalue weighted by molar-refractivity contribution is -0.384. The fraction of sp³-hybridized carbons (Fsp3) is 0.0476. The van der Waals surface area contributed by atoms with Crippen molar-refractivity contribution in [3.05, 3.63) is 104 Å². The van der Waals surface area contributed by atoms with Gasteiger partial charge in [-0.3, -0.25) is 19.7 Å². The number of nitrogens with zero attached hydrogens (tertiary/aromatic N) is 1. The molecule has 152 valence electrons. The summed E-state index contributed by atoms with van der Waals surface area (Å²) in [6.07, 6.45) is 2.86. The lowest BCUT2D eigenvalue weighted by atomic mass is 10.1. The Morgan fingerprint density at radius 1 is 1.10 bits per heavy atom. The van der Waals surface area contributed by atoms with Crippen LogP contribution >= 0.6 is 15.9 Å². The second-order valence-electron chi connectivity index (χ2n) is 6.11. The summed E-state index contributed by atoms with van der Waals surface area (Å²) in [5.41, 5.74) is 0.528. The molecule has 1 aromatic heterocycles. The van der Waals surface area contributed by atoms with Gasteiger partial charge in [0.15, 0.2) is 0 Å². The Morgan fingerprint density at radius 3 is 2.60 bits per heavy atom. The lowest BCUT2D eigenvalue weighted by Crippen LogP contribution is -2.34. The van der Waals surface area contributed by atoms with Gasteiger partial charge in [-0.1, -0.05) is 24.3 Å². The molecule has 0 fully saturated rings. The van der Waals surface area contributed by atoms with Gasteiger partial charge in [0, 0.05) is 16.6 Å². The molecule has 2 aromatic carbocycles. The van der Waals surface area contributed by atoms with Crippen molar-refractivity contribution in [2.45, 2.75) is 6.54 Å². The predicted octanol–water partition coefficient (Wildman–Crippen LogP) is 4.04. The van der Waals surface area contributed by atoms with Crippen molar-refractivity contribution in [3.8, 4) is 0 Å². The van der Waals surface area contributed by atoms with Crippen molar-refractivity contribution >= 4 is 39.5 Å². The van der Waals surface area contributed by atoms with Crippen LogP contribution in [0.5, 0.6) is 0 Å². The van der Waals surface area contributed by atoms with Gasteiger partial charge in [0.2, 0.25) is 0 Å². The van der Waals surface area contributed by atoms with Gasteiger partial charge in [0.25, 0.3) is 17.5 Å². The number of halogens is 1. The topological polar surface area (TPSA) is 114 Å².